The number of halogens is 1. The molecule has 0 unspecified atom stereocenters. The van der Waals surface area contributed by atoms with Crippen molar-refractivity contribution in [3.05, 3.63) is 27.7 Å². The highest BCUT2D eigenvalue weighted by molar-refractivity contribution is 9.10. The number of methoxy groups -OCH3 is 1. The molecular weight excluding hydrogens is 260 g/mol. The van der Waals surface area contributed by atoms with Crippen LogP contribution in [0, 0.1) is 6.92 Å². The summed E-state index contributed by atoms with van der Waals surface area (Å²) in [5.74, 6) is 0.785. The van der Waals surface area contributed by atoms with Gasteiger partial charge in [-0.15, -0.1) is 0 Å². The molecule has 0 radical (unpaired) electrons. The zero-order valence-electron chi connectivity index (χ0n) is 8.75. The molecule has 2 rings (SSSR count). The van der Waals surface area contributed by atoms with Gasteiger partial charge < -0.3 is 14.2 Å². The Balaban J connectivity index is 2.42. The highest BCUT2D eigenvalue weighted by atomic mass is 79.9. The monoisotopic (exact) mass is 272 g/mol. The number of ether oxygens (including phenoxy) is 3. The second kappa shape index (κ2) is 4.51. The third-order valence-corrected chi connectivity index (χ3v) is 2.89. The first-order chi connectivity index (χ1) is 7.22. The van der Waals surface area contributed by atoms with Gasteiger partial charge in [0.25, 0.3) is 0 Å². The number of hydrogen-bond donors (Lipinski definition) is 0. The van der Waals surface area contributed by atoms with E-state index in [0.29, 0.717) is 13.2 Å². The minimum atomic E-state index is -0.295. The van der Waals surface area contributed by atoms with E-state index in [1.807, 2.05) is 19.1 Å². The lowest BCUT2D eigenvalue weighted by Gasteiger charge is -2.15. The van der Waals surface area contributed by atoms with E-state index in [0.717, 1.165) is 21.3 Å². The lowest BCUT2D eigenvalue weighted by atomic mass is 10.1. The fourth-order valence-electron chi connectivity index (χ4n) is 1.68. The molecule has 0 bridgehead atoms. The van der Waals surface area contributed by atoms with Crippen LogP contribution in [0.5, 0.6) is 5.75 Å². The predicted octanol–water partition coefficient (Wildman–Crippen LogP) is 2.81. The molecule has 0 N–H and O–H groups in total. The van der Waals surface area contributed by atoms with Gasteiger partial charge in [0.1, 0.15) is 5.75 Å². The van der Waals surface area contributed by atoms with Gasteiger partial charge >= 0.3 is 0 Å². The Kier molecular flexibility index (Phi) is 3.29. The largest absolute Gasteiger partial charge is 0.495 e. The molecular formula is C11H13BrO3. The molecule has 1 saturated heterocycles. The van der Waals surface area contributed by atoms with Gasteiger partial charge in [0.15, 0.2) is 6.29 Å². The lowest BCUT2D eigenvalue weighted by molar-refractivity contribution is -0.0455. The maximum Gasteiger partial charge on any atom is 0.187 e. The highest BCUT2D eigenvalue weighted by Crippen LogP contribution is 2.37. The average Bonchev–Trinajstić information content (AvgIpc) is 2.69. The first-order valence-corrected chi connectivity index (χ1v) is 5.59. The molecule has 15 heavy (non-hydrogen) atoms. The van der Waals surface area contributed by atoms with Crippen molar-refractivity contribution in [1.82, 2.24) is 0 Å². The zero-order chi connectivity index (χ0) is 10.8. The summed E-state index contributed by atoms with van der Waals surface area (Å²) in [5, 5.41) is 0. The number of hydrogen-bond acceptors (Lipinski definition) is 3. The molecule has 1 aromatic rings. The quantitative estimate of drug-likeness (QED) is 0.829. The third kappa shape index (κ3) is 2.17. The maximum absolute atomic E-state index is 5.47. The summed E-state index contributed by atoms with van der Waals surface area (Å²) in [4.78, 5) is 0. The minimum absolute atomic E-state index is 0.295. The summed E-state index contributed by atoms with van der Waals surface area (Å²) in [7, 11) is 1.65. The Bertz CT molecular complexity index is 359. The van der Waals surface area contributed by atoms with Gasteiger partial charge in [-0.3, -0.25) is 0 Å². The van der Waals surface area contributed by atoms with E-state index in [9.17, 15) is 0 Å². The average molecular weight is 273 g/mol. The first-order valence-electron chi connectivity index (χ1n) is 4.79. The van der Waals surface area contributed by atoms with Crippen molar-refractivity contribution in [2.24, 2.45) is 0 Å². The van der Waals surface area contributed by atoms with Crippen molar-refractivity contribution < 1.29 is 14.2 Å². The molecule has 1 fully saturated rings. The van der Waals surface area contributed by atoms with E-state index in [4.69, 9.17) is 14.2 Å². The van der Waals surface area contributed by atoms with E-state index in [1.54, 1.807) is 7.11 Å². The molecule has 0 aliphatic carbocycles. The molecule has 1 aliphatic heterocycles. The van der Waals surface area contributed by atoms with Crippen molar-refractivity contribution in [3.8, 4) is 5.75 Å². The Morgan fingerprint density at radius 2 is 2.00 bits per heavy atom. The normalized spacial score (nSPS) is 17.0. The van der Waals surface area contributed by atoms with Crippen LogP contribution in [0.4, 0.5) is 0 Å². The summed E-state index contributed by atoms with van der Waals surface area (Å²) in [6.07, 6.45) is -0.295. The van der Waals surface area contributed by atoms with Crippen molar-refractivity contribution in [1.29, 1.82) is 0 Å². The molecule has 1 aromatic carbocycles. The van der Waals surface area contributed by atoms with Crippen LogP contribution in [0.1, 0.15) is 17.4 Å². The molecule has 3 nitrogen and oxygen atoms in total. The number of aryl methyl sites for hydroxylation is 1. The van der Waals surface area contributed by atoms with Gasteiger partial charge in [0.2, 0.25) is 0 Å². The maximum atomic E-state index is 5.47. The second-order valence-electron chi connectivity index (χ2n) is 3.44. The van der Waals surface area contributed by atoms with Crippen LogP contribution < -0.4 is 4.74 Å². The van der Waals surface area contributed by atoms with Gasteiger partial charge in [-0.1, -0.05) is 0 Å². The van der Waals surface area contributed by atoms with Crippen LogP contribution in [-0.2, 0) is 9.47 Å². The summed E-state index contributed by atoms with van der Waals surface area (Å²) in [6.45, 7) is 3.31. The fraction of sp³-hybridized carbons (Fsp3) is 0.455. The van der Waals surface area contributed by atoms with E-state index < -0.39 is 0 Å². The topological polar surface area (TPSA) is 27.7 Å². The van der Waals surface area contributed by atoms with E-state index in [-0.39, 0.29) is 6.29 Å². The molecule has 0 saturated carbocycles. The SMILES string of the molecule is COc1c(Br)cc(C)cc1C1OCCO1. The van der Waals surface area contributed by atoms with Gasteiger partial charge in [0, 0.05) is 0 Å². The van der Waals surface area contributed by atoms with E-state index >= 15 is 0 Å². The zero-order valence-corrected chi connectivity index (χ0v) is 10.3. The van der Waals surface area contributed by atoms with Crippen molar-refractivity contribution in [2.75, 3.05) is 20.3 Å². The molecule has 82 valence electrons. The second-order valence-corrected chi connectivity index (χ2v) is 4.30. The van der Waals surface area contributed by atoms with Crippen LogP contribution in [0.15, 0.2) is 16.6 Å². The van der Waals surface area contributed by atoms with Gasteiger partial charge in [0.05, 0.1) is 30.4 Å². The standard InChI is InChI=1S/C11H13BrO3/c1-7-5-8(11-14-3-4-15-11)10(13-2)9(12)6-7/h5-6,11H,3-4H2,1-2H3. The highest BCUT2D eigenvalue weighted by Gasteiger charge is 2.23. The molecule has 1 aliphatic rings. The Labute approximate surface area is 97.5 Å². The molecule has 0 atom stereocenters. The van der Waals surface area contributed by atoms with Crippen LogP contribution in [-0.4, -0.2) is 20.3 Å². The Morgan fingerprint density at radius 1 is 1.33 bits per heavy atom. The van der Waals surface area contributed by atoms with Crippen LogP contribution in [0.3, 0.4) is 0 Å². The lowest BCUT2D eigenvalue weighted by Crippen LogP contribution is -2.02. The predicted molar refractivity (Wildman–Crippen MR) is 60.1 cm³/mol. The summed E-state index contributed by atoms with van der Waals surface area (Å²) in [6, 6.07) is 4.04. The molecule has 1 heterocycles. The fourth-order valence-corrected chi connectivity index (χ4v) is 2.44. The number of benzene rings is 1. The molecule has 4 heteroatoms. The minimum Gasteiger partial charge on any atom is -0.495 e. The molecule has 0 amide bonds. The number of rotatable bonds is 2. The third-order valence-electron chi connectivity index (χ3n) is 2.30. The first kappa shape index (κ1) is 10.9. The summed E-state index contributed by atoms with van der Waals surface area (Å²) in [5.41, 5.74) is 2.10. The Hall–Kier alpha value is -0.580. The van der Waals surface area contributed by atoms with Crippen LogP contribution in [0.2, 0.25) is 0 Å². The van der Waals surface area contributed by atoms with Gasteiger partial charge in [-0.05, 0) is 40.5 Å². The summed E-state index contributed by atoms with van der Waals surface area (Å²) >= 11 is 3.47. The van der Waals surface area contributed by atoms with Crippen molar-refractivity contribution in [2.45, 2.75) is 13.2 Å². The van der Waals surface area contributed by atoms with Crippen molar-refractivity contribution in [3.63, 3.8) is 0 Å². The van der Waals surface area contributed by atoms with Crippen molar-refractivity contribution >= 4 is 15.9 Å². The van der Waals surface area contributed by atoms with Gasteiger partial charge in [-0.25, -0.2) is 0 Å². The smallest absolute Gasteiger partial charge is 0.187 e. The molecule has 0 spiro atoms. The summed E-state index contributed by atoms with van der Waals surface area (Å²) < 4.78 is 17.2. The van der Waals surface area contributed by atoms with Gasteiger partial charge in [-0.2, -0.15) is 0 Å². The van der Waals surface area contributed by atoms with Crippen LogP contribution in [0.25, 0.3) is 0 Å². The van der Waals surface area contributed by atoms with E-state index in [2.05, 4.69) is 15.9 Å². The molecule has 0 aromatic heterocycles. The van der Waals surface area contributed by atoms with E-state index in [1.165, 1.54) is 0 Å². The van der Waals surface area contributed by atoms with Crippen LogP contribution >= 0.6 is 15.9 Å². The Morgan fingerprint density at radius 3 is 2.60 bits per heavy atom.